The summed E-state index contributed by atoms with van der Waals surface area (Å²) in [6.07, 6.45) is 0. The van der Waals surface area contributed by atoms with Gasteiger partial charge in [0.1, 0.15) is 11.3 Å². The average molecular weight is 468 g/mol. The van der Waals surface area contributed by atoms with Crippen molar-refractivity contribution >= 4 is 51.6 Å². The van der Waals surface area contributed by atoms with Crippen molar-refractivity contribution in [1.82, 2.24) is 20.4 Å². The Morgan fingerprint density at radius 3 is 2.67 bits per heavy atom. The number of thiazole rings is 1. The van der Waals surface area contributed by atoms with Crippen LogP contribution in [0.5, 0.6) is 0 Å². The van der Waals surface area contributed by atoms with Gasteiger partial charge in [0.05, 0.1) is 28.0 Å². The number of hydrogen-bond acceptors (Lipinski definition) is 6. The largest absolute Gasteiger partial charge is 0.361 e. The van der Waals surface area contributed by atoms with Gasteiger partial charge in [0, 0.05) is 19.0 Å². The van der Waals surface area contributed by atoms with Crippen molar-refractivity contribution in [3.8, 4) is 0 Å². The molecule has 1 aromatic carbocycles. The Balaban J connectivity index is 1.53. The zero-order valence-corrected chi connectivity index (χ0v) is 18.8. The molecule has 0 bridgehead atoms. The van der Waals surface area contributed by atoms with Crippen LogP contribution in [0, 0.1) is 13.8 Å². The summed E-state index contributed by atoms with van der Waals surface area (Å²) in [5.74, 6) is 0.275. The van der Waals surface area contributed by atoms with Crippen molar-refractivity contribution in [2.24, 2.45) is 0 Å². The number of nitrogens with zero attached hydrogens (tertiary/aromatic N) is 3. The Morgan fingerprint density at radius 2 is 2.00 bits per heavy atom. The van der Waals surface area contributed by atoms with Gasteiger partial charge >= 0.3 is 6.03 Å². The Hall–Kier alpha value is -2.62. The van der Waals surface area contributed by atoms with Crippen molar-refractivity contribution < 1.29 is 14.1 Å². The predicted octanol–water partition coefficient (Wildman–Crippen LogP) is 4.65. The molecule has 0 spiro atoms. The highest BCUT2D eigenvalue weighted by atomic mass is 35.5. The summed E-state index contributed by atoms with van der Waals surface area (Å²) in [6, 6.07) is 4.74. The first kappa shape index (κ1) is 22.1. The second-order valence-electron chi connectivity index (χ2n) is 6.56. The molecular formula is C19H19Cl2N5O3S. The van der Waals surface area contributed by atoms with Gasteiger partial charge in [-0.05, 0) is 31.5 Å². The summed E-state index contributed by atoms with van der Waals surface area (Å²) in [6.45, 7) is 3.99. The molecule has 0 aliphatic heterocycles. The Bertz CT molecular complexity index is 1060. The summed E-state index contributed by atoms with van der Waals surface area (Å²) in [4.78, 5) is 30.6. The topological polar surface area (TPSA) is 100 Å². The van der Waals surface area contributed by atoms with E-state index in [1.807, 2.05) is 0 Å². The van der Waals surface area contributed by atoms with E-state index in [1.54, 1.807) is 44.5 Å². The van der Waals surface area contributed by atoms with E-state index in [0.29, 0.717) is 37.9 Å². The van der Waals surface area contributed by atoms with E-state index in [2.05, 4.69) is 20.8 Å². The van der Waals surface area contributed by atoms with Gasteiger partial charge in [-0.2, -0.15) is 0 Å². The lowest BCUT2D eigenvalue weighted by Gasteiger charge is -2.15. The van der Waals surface area contributed by atoms with Crippen LogP contribution in [0.25, 0.3) is 0 Å². The number of carbonyl (C=O) groups is 2. The highest BCUT2D eigenvalue weighted by molar-refractivity contribution is 7.13. The van der Waals surface area contributed by atoms with Gasteiger partial charge < -0.3 is 14.7 Å². The first-order chi connectivity index (χ1) is 14.2. The molecule has 0 radical (unpaired) electrons. The molecular weight excluding hydrogens is 449 g/mol. The van der Waals surface area contributed by atoms with Crippen LogP contribution < -0.4 is 10.6 Å². The third kappa shape index (κ3) is 5.29. The Kier molecular flexibility index (Phi) is 6.96. The zero-order valence-electron chi connectivity index (χ0n) is 16.5. The number of anilines is 1. The molecule has 30 heavy (non-hydrogen) atoms. The van der Waals surface area contributed by atoms with Crippen molar-refractivity contribution in [1.29, 1.82) is 0 Å². The molecule has 0 unspecified atom stereocenters. The molecule has 3 rings (SSSR count). The minimum atomic E-state index is -0.401. The second kappa shape index (κ2) is 9.46. The number of amides is 3. The lowest BCUT2D eigenvalue weighted by molar-refractivity contribution is 0.0781. The quantitative estimate of drug-likeness (QED) is 0.549. The van der Waals surface area contributed by atoms with Crippen molar-refractivity contribution in [3.63, 3.8) is 0 Å². The van der Waals surface area contributed by atoms with E-state index in [-0.39, 0.29) is 19.0 Å². The molecule has 3 amide bonds. The van der Waals surface area contributed by atoms with Crippen LogP contribution in [0.3, 0.4) is 0 Å². The zero-order chi connectivity index (χ0) is 21.8. The lowest BCUT2D eigenvalue weighted by atomic mass is 10.2. The summed E-state index contributed by atoms with van der Waals surface area (Å²) in [5.41, 5.74) is 2.47. The number of benzene rings is 1. The molecule has 0 aliphatic carbocycles. The van der Waals surface area contributed by atoms with Crippen LogP contribution in [-0.2, 0) is 13.1 Å². The predicted molar refractivity (Wildman–Crippen MR) is 116 cm³/mol. The minimum Gasteiger partial charge on any atom is -0.361 e. The van der Waals surface area contributed by atoms with E-state index < -0.39 is 6.03 Å². The molecule has 11 heteroatoms. The van der Waals surface area contributed by atoms with Crippen LogP contribution in [0.15, 0.2) is 28.1 Å². The summed E-state index contributed by atoms with van der Waals surface area (Å²) >= 11 is 13.1. The molecule has 8 nitrogen and oxygen atoms in total. The number of carbonyl (C=O) groups excluding carboxylic acids is 2. The highest BCUT2D eigenvalue weighted by Crippen LogP contribution is 2.23. The van der Waals surface area contributed by atoms with Crippen LogP contribution in [0.2, 0.25) is 10.0 Å². The first-order valence-corrected chi connectivity index (χ1v) is 10.5. The fourth-order valence-electron chi connectivity index (χ4n) is 2.70. The van der Waals surface area contributed by atoms with E-state index in [4.69, 9.17) is 27.7 Å². The van der Waals surface area contributed by atoms with Gasteiger partial charge in [0.15, 0.2) is 5.13 Å². The van der Waals surface area contributed by atoms with E-state index in [9.17, 15) is 9.59 Å². The van der Waals surface area contributed by atoms with Crippen LogP contribution in [0.1, 0.15) is 33.1 Å². The molecule has 2 heterocycles. The third-order valence-electron chi connectivity index (χ3n) is 4.20. The standard InChI is InChI=1S/C19H19Cl2N5O3S/c1-10-16(11(2)29-25-10)17(27)26(3)8-13-9-30-19(23-13)24-18(28)22-7-12-4-5-14(20)15(21)6-12/h4-6,9H,7-8H2,1-3H3,(H2,22,23,24,28). The molecule has 2 N–H and O–H groups in total. The molecule has 0 saturated heterocycles. The maximum atomic E-state index is 12.6. The summed E-state index contributed by atoms with van der Waals surface area (Å²) < 4.78 is 5.05. The second-order valence-corrected chi connectivity index (χ2v) is 8.23. The summed E-state index contributed by atoms with van der Waals surface area (Å²) in [5, 5.41) is 12.3. The number of hydrogen-bond donors (Lipinski definition) is 2. The lowest BCUT2D eigenvalue weighted by Crippen LogP contribution is -2.28. The molecule has 3 aromatic rings. The first-order valence-electron chi connectivity index (χ1n) is 8.86. The number of nitrogens with one attached hydrogen (secondary N) is 2. The number of halogens is 2. The van der Waals surface area contributed by atoms with Gasteiger partial charge in [0.25, 0.3) is 5.91 Å². The van der Waals surface area contributed by atoms with E-state index >= 15 is 0 Å². The fraction of sp³-hybridized carbons (Fsp3) is 0.263. The minimum absolute atomic E-state index is 0.201. The monoisotopic (exact) mass is 467 g/mol. The number of aromatic nitrogens is 2. The number of rotatable bonds is 6. The van der Waals surface area contributed by atoms with Gasteiger partial charge in [-0.3, -0.25) is 10.1 Å². The smallest absolute Gasteiger partial charge is 0.321 e. The van der Waals surface area contributed by atoms with Gasteiger partial charge in [-0.25, -0.2) is 9.78 Å². The van der Waals surface area contributed by atoms with Crippen molar-refractivity contribution in [3.05, 3.63) is 61.9 Å². The fourth-order valence-corrected chi connectivity index (χ4v) is 3.72. The maximum Gasteiger partial charge on any atom is 0.321 e. The SMILES string of the molecule is Cc1noc(C)c1C(=O)N(C)Cc1csc(NC(=O)NCc2ccc(Cl)c(Cl)c2)n1. The van der Waals surface area contributed by atoms with Gasteiger partial charge in [-0.15, -0.1) is 11.3 Å². The normalized spacial score (nSPS) is 10.7. The third-order valence-corrected chi connectivity index (χ3v) is 5.75. The van der Waals surface area contributed by atoms with E-state index in [1.165, 1.54) is 16.2 Å². The molecule has 0 atom stereocenters. The number of aryl methyl sites for hydroxylation is 2. The van der Waals surface area contributed by atoms with Gasteiger partial charge in [-0.1, -0.05) is 34.4 Å². The highest BCUT2D eigenvalue weighted by Gasteiger charge is 2.21. The van der Waals surface area contributed by atoms with Crippen LogP contribution in [0.4, 0.5) is 9.93 Å². The molecule has 0 aliphatic rings. The maximum absolute atomic E-state index is 12.6. The van der Waals surface area contributed by atoms with Gasteiger partial charge in [0.2, 0.25) is 0 Å². The average Bonchev–Trinajstić information content (AvgIpc) is 3.27. The summed E-state index contributed by atoms with van der Waals surface area (Å²) in [7, 11) is 1.67. The van der Waals surface area contributed by atoms with Crippen molar-refractivity contribution in [2.45, 2.75) is 26.9 Å². The molecule has 158 valence electrons. The van der Waals surface area contributed by atoms with Crippen LogP contribution in [-0.4, -0.2) is 34.0 Å². The Labute approximate surface area is 187 Å². The van der Waals surface area contributed by atoms with E-state index in [0.717, 1.165) is 5.56 Å². The molecule has 0 fully saturated rings. The number of urea groups is 1. The van der Waals surface area contributed by atoms with Crippen LogP contribution >= 0.6 is 34.5 Å². The molecule has 0 saturated carbocycles. The Morgan fingerprint density at radius 1 is 1.23 bits per heavy atom. The van der Waals surface area contributed by atoms with Crippen molar-refractivity contribution in [2.75, 3.05) is 12.4 Å². The molecule has 2 aromatic heterocycles.